The van der Waals surface area contributed by atoms with Crippen molar-refractivity contribution < 1.29 is 24.2 Å². The molecular weight excluding hydrogens is 384 g/mol. The molecule has 0 saturated carbocycles. The second-order valence-electron chi connectivity index (χ2n) is 6.86. The normalized spacial score (nSPS) is 14.9. The lowest BCUT2D eigenvalue weighted by Crippen LogP contribution is -2.35. The van der Waals surface area contributed by atoms with Crippen LogP contribution in [0.1, 0.15) is 30.9 Å². The molecule has 0 aromatic heterocycles. The van der Waals surface area contributed by atoms with Crippen molar-refractivity contribution in [1.82, 2.24) is 5.43 Å². The second kappa shape index (κ2) is 9.93. The third-order valence-corrected chi connectivity index (χ3v) is 4.60. The molecule has 158 valence electrons. The van der Waals surface area contributed by atoms with Crippen molar-refractivity contribution in [2.24, 2.45) is 0 Å². The monoisotopic (exact) mass is 410 g/mol. The topological polar surface area (TPSA) is 88.1 Å². The first-order valence-corrected chi connectivity index (χ1v) is 9.99. The van der Waals surface area contributed by atoms with Crippen LogP contribution in [-0.4, -0.2) is 36.7 Å². The number of aliphatic hydroxyl groups is 1. The van der Waals surface area contributed by atoms with E-state index in [2.05, 4.69) is 5.43 Å². The number of para-hydroxylation sites is 1. The third-order valence-electron chi connectivity index (χ3n) is 4.60. The van der Waals surface area contributed by atoms with Crippen LogP contribution in [0.5, 0.6) is 11.5 Å². The van der Waals surface area contributed by atoms with Crippen molar-refractivity contribution in [1.29, 1.82) is 0 Å². The molecular formula is C23H26N2O5. The highest BCUT2D eigenvalue weighted by Crippen LogP contribution is 2.34. The average molecular weight is 410 g/mol. The predicted molar refractivity (Wildman–Crippen MR) is 114 cm³/mol. The molecule has 0 bridgehead atoms. The molecule has 0 atom stereocenters. The van der Waals surface area contributed by atoms with Gasteiger partial charge in [0.05, 0.1) is 18.9 Å². The lowest BCUT2D eigenvalue weighted by Gasteiger charge is -2.16. The summed E-state index contributed by atoms with van der Waals surface area (Å²) >= 11 is 0. The first-order valence-electron chi connectivity index (χ1n) is 9.99. The number of nitrogens with one attached hydrogen (secondary N) is 1. The van der Waals surface area contributed by atoms with Crippen molar-refractivity contribution >= 4 is 23.6 Å². The Morgan fingerprint density at radius 2 is 1.83 bits per heavy atom. The Labute approximate surface area is 175 Å². The van der Waals surface area contributed by atoms with Gasteiger partial charge in [-0.15, -0.1) is 0 Å². The number of carbonyl (C=O) groups is 2. The van der Waals surface area contributed by atoms with E-state index < -0.39 is 11.8 Å². The lowest BCUT2D eigenvalue weighted by molar-refractivity contribution is -0.117. The van der Waals surface area contributed by atoms with E-state index in [4.69, 9.17) is 14.6 Å². The van der Waals surface area contributed by atoms with Gasteiger partial charge in [-0.1, -0.05) is 25.1 Å². The van der Waals surface area contributed by atoms with E-state index in [9.17, 15) is 9.59 Å². The summed E-state index contributed by atoms with van der Waals surface area (Å²) in [5.41, 5.74) is 4.58. The molecule has 0 unspecified atom stereocenters. The van der Waals surface area contributed by atoms with Crippen LogP contribution < -0.4 is 19.9 Å². The molecule has 0 spiro atoms. The maximum atomic E-state index is 12.9. The van der Waals surface area contributed by atoms with E-state index in [-0.39, 0.29) is 12.2 Å². The number of hydrazine groups is 1. The fraction of sp³-hybridized carbons (Fsp3) is 0.304. The van der Waals surface area contributed by atoms with E-state index >= 15 is 0 Å². The van der Waals surface area contributed by atoms with Gasteiger partial charge in [-0.3, -0.25) is 15.0 Å². The standard InChI is InChI=1S/C23H26N2O5/c1-3-13-29-20-11-10-17(21(16(20)2)30-14-7-12-26)15-19-22(27)24-25(23(19)28)18-8-5-4-6-9-18/h4-6,8-11,15,26H,3,7,12-14H2,1-2H3,(H,24,27)/b19-15+. The summed E-state index contributed by atoms with van der Waals surface area (Å²) in [6.45, 7) is 4.78. The zero-order valence-corrected chi connectivity index (χ0v) is 17.2. The average Bonchev–Trinajstić information content (AvgIpc) is 3.04. The highest BCUT2D eigenvalue weighted by Gasteiger charge is 2.34. The summed E-state index contributed by atoms with van der Waals surface area (Å²) in [5.74, 6) is 0.306. The second-order valence-corrected chi connectivity index (χ2v) is 6.86. The molecule has 2 aromatic carbocycles. The minimum Gasteiger partial charge on any atom is -0.493 e. The van der Waals surface area contributed by atoms with Crippen LogP contribution in [0.25, 0.3) is 6.08 Å². The Kier molecular flexibility index (Phi) is 7.08. The summed E-state index contributed by atoms with van der Waals surface area (Å²) in [7, 11) is 0. The van der Waals surface area contributed by atoms with Crippen molar-refractivity contribution in [3.05, 3.63) is 59.2 Å². The number of hydrogen-bond acceptors (Lipinski definition) is 5. The quantitative estimate of drug-likeness (QED) is 0.377. The molecule has 30 heavy (non-hydrogen) atoms. The molecule has 1 aliphatic heterocycles. The first-order chi connectivity index (χ1) is 14.6. The molecule has 1 fully saturated rings. The number of hydrogen-bond donors (Lipinski definition) is 2. The van der Waals surface area contributed by atoms with Gasteiger partial charge in [0, 0.05) is 24.2 Å². The molecule has 1 saturated heterocycles. The maximum absolute atomic E-state index is 12.9. The summed E-state index contributed by atoms with van der Waals surface area (Å²) < 4.78 is 11.7. The van der Waals surface area contributed by atoms with Gasteiger partial charge in [0.15, 0.2) is 0 Å². The van der Waals surface area contributed by atoms with Gasteiger partial charge in [0.1, 0.15) is 17.1 Å². The van der Waals surface area contributed by atoms with Crippen LogP contribution in [0.4, 0.5) is 5.69 Å². The Hall–Kier alpha value is -3.32. The zero-order chi connectivity index (χ0) is 21.5. The number of carbonyl (C=O) groups excluding carboxylic acids is 2. The van der Waals surface area contributed by atoms with Gasteiger partial charge >= 0.3 is 0 Å². The fourth-order valence-electron chi connectivity index (χ4n) is 3.08. The van der Waals surface area contributed by atoms with Gasteiger partial charge < -0.3 is 14.6 Å². The maximum Gasteiger partial charge on any atom is 0.282 e. The zero-order valence-electron chi connectivity index (χ0n) is 17.2. The van der Waals surface area contributed by atoms with Crippen molar-refractivity contribution in [3.8, 4) is 11.5 Å². The summed E-state index contributed by atoms with van der Waals surface area (Å²) in [4.78, 5) is 25.4. The van der Waals surface area contributed by atoms with Gasteiger partial charge in [-0.25, -0.2) is 5.01 Å². The van der Waals surface area contributed by atoms with Crippen LogP contribution in [0, 0.1) is 6.92 Å². The molecule has 1 heterocycles. The highest BCUT2D eigenvalue weighted by atomic mass is 16.5. The Balaban J connectivity index is 1.95. The van der Waals surface area contributed by atoms with Crippen molar-refractivity contribution in [2.75, 3.05) is 24.8 Å². The van der Waals surface area contributed by atoms with Crippen LogP contribution >= 0.6 is 0 Å². The molecule has 0 radical (unpaired) electrons. The number of nitrogens with zero attached hydrogens (tertiary/aromatic N) is 1. The fourth-order valence-corrected chi connectivity index (χ4v) is 3.08. The van der Waals surface area contributed by atoms with E-state index in [0.717, 1.165) is 12.0 Å². The number of amides is 2. The SMILES string of the molecule is CCCOc1ccc(/C=C2\C(=O)NN(c3ccccc3)C2=O)c(OCCCO)c1C. The molecule has 2 N–H and O–H groups in total. The minimum absolute atomic E-state index is 0.00836. The van der Waals surface area contributed by atoms with E-state index in [0.29, 0.717) is 42.4 Å². The largest absolute Gasteiger partial charge is 0.493 e. The van der Waals surface area contributed by atoms with Gasteiger partial charge in [-0.05, 0) is 43.7 Å². The van der Waals surface area contributed by atoms with E-state index in [1.807, 2.05) is 26.0 Å². The molecule has 3 rings (SSSR count). The summed E-state index contributed by atoms with van der Waals surface area (Å²) in [6, 6.07) is 12.5. The van der Waals surface area contributed by atoms with Crippen LogP contribution in [0.15, 0.2) is 48.0 Å². The first kappa shape index (κ1) is 21.4. The number of aliphatic hydroxyl groups excluding tert-OH is 1. The molecule has 7 heteroatoms. The molecule has 2 aromatic rings. The third kappa shape index (κ3) is 4.63. The number of ether oxygens (including phenoxy) is 2. The molecule has 1 aliphatic rings. The van der Waals surface area contributed by atoms with Crippen molar-refractivity contribution in [2.45, 2.75) is 26.7 Å². The highest BCUT2D eigenvalue weighted by molar-refractivity contribution is 6.31. The minimum atomic E-state index is -0.478. The molecule has 2 amide bonds. The summed E-state index contributed by atoms with van der Waals surface area (Å²) in [5, 5.41) is 10.3. The van der Waals surface area contributed by atoms with Gasteiger partial charge in [-0.2, -0.15) is 0 Å². The van der Waals surface area contributed by atoms with Crippen LogP contribution in [-0.2, 0) is 9.59 Å². The summed E-state index contributed by atoms with van der Waals surface area (Å²) in [6.07, 6.45) is 2.87. The predicted octanol–water partition coefficient (Wildman–Crippen LogP) is 3.01. The number of rotatable bonds is 9. The smallest absolute Gasteiger partial charge is 0.282 e. The molecule has 0 aliphatic carbocycles. The lowest BCUT2D eigenvalue weighted by atomic mass is 10.0. The van der Waals surface area contributed by atoms with Crippen molar-refractivity contribution in [3.63, 3.8) is 0 Å². The van der Waals surface area contributed by atoms with E-state index in [1.54, 1.807) is 30.3 Å². The van der Waals surface area contributed by atoms with E-state index in [1.165, 1.54) is 11.1 Å². The number of benzene rings is 2. The van der Waals surface area contributed by atoms with Crippen LogP contribution in [0.2, 0.25) is 0 Å². The molecule has 7 nitrogen and oxygen atoms in total. The Morgan fingerprint density at radius 1 is 1.07 bits per heavy atom. The van der Waals surface area contributed by atoms with Crippen LogP contribution in [0.3, 0.4) is 0 Å². The Morgan fingerprint density at radius 3 is 2.53 bits per heavy atom. The van der Waals surface area contributed by atoms with Gasteiger partial charge in [0.25, 0.3) is 11.8 Å². The van der Waals surface area contributed by atoms with Gasteiger partial charge in [0.2, 0.25) is 0 Å². The Bertz CT molecular complexity index is 940. The number of anilines is 1.